The number of benzene rings is 2. The summed E-state index contributed by atoms with van der Waals surface area (Å²) in [4.78, 5) is 27.3. The Hall–Kier alpha value is -2.75. The molecule has 0 saturated carbocycles. The van der Waals surface area contributed by atoms with E-state index in [1.807, 2.05) is 30.3 Å². The van der Waals surface area contributed by atoms with Crippen LogP contribution in [0, 0.1) is 11.3 Å². The van der Waals surface area contributed by atoms with Gasteiger partial charge in [0.15, 0.2) is 6.61 Å². The summed E-state index contributed by atoms with van der Waals surface area (Å²) in [5.74, 6) is -1.27. The number of carbonyl (C=O) groups is 2. The first kappa shape index (κ1) is 18.1. The molecule has 3 rings (SSSR count). The molecule has 2 aromatic carbocycles. The maximum atomic E-state index is 12.4. The molecule has 0 aliphatic carbocycles. The average Bonchev–Trinajstić information content (AvgIpc) is 2.98. The van der Waals surface area contributed by atoms with Crippen LogP contribution >= 0.6 is 23.4 Å². The van der Waals surface area contributed by atoms with Crippen molar-refractivity contribution in [3.05, 3.63) is 69.7 Å². The van der Waals surface area contributed by atoms with Crippen LogP contribution in [-0.4, -0.2) is 25.4 Å². The van der Waals surface area contributed by atoms with Crippen LogP contribution in [0.2, 0.25) is 5.02 Å². The lowest BCUT2D eigenvalue weighted by Crippen LogP contribution is -2.20. The second-order valence-electron chi connectivity index (χ2n) is 5.40. The number of Topliss-reactive ketones (excluding diaryl/α,β-unsaturated/α-hetero) is 1. The van der Waals surface area contributed by atoms with Crippen molar-refractivity contribution < 1.29 is 14.3 Å². The van der Waals surface area contributed by atoms with Gasteiger partial charge in [0, 0.05) is 11.9 Å². The number of anilines is 1. The average molecular weight is 385 g/mol. The zero-order chi connectivity index (χ0) is 18.7. The maximum Gasteiger partial charge on any atom is 0.340 e. The van der Waals surface area contributed by atoms with Gasteiger partial charge in [-0.15, -0.1) is 0 Å². The molecule has 0 fully saturated rings. The Morgan fingerprint density at radius 2 is 1.88 bits per heavy atom. The first-order chi connectivity index (χ1) is 12.5. The van der Waals surface area contributed by atoms with Crippen LogP contribution < -0.4 is 4.90 Å². The van der Waals surface area contributed by atoms with Crippen LogP contribution in [0.1, 0.15) is 10.4 Å². The van der Waals surface area contributed by atoms with Crippen LogP contribution in [-0.2, 0) is 9.53 Å². The Morgan fingerprint density at radius 1 is 1.19 bits per heavy atom. The minimum absolute atomic E-state index is 0.0411. The number of hydrogen-bond acceptors (Lipinski definition) is 6. The molecular weight excluding hydrogens is 372 g/mol. The molecule has 1 aliphatic heterocycles. The molecule has 0 amide bonds. The maximum absolute atomic E-state index is 12.4. The van der Waals surface area contributed by atoms with Gasteiger partial charge in [0.25, 0.3) is 0 Å². The van der Waals surface area contributed by atoms with E-state index in [0.717, 1.165) is 10.6 Å². The van der Waals surface area contributed by atoms with Crippen molar-refractivity contribution in [3.8, 4) is 6.07 Å². The van der Waals surface area contributed by atoms with Gasteiger partial charge in [0.1, 0.15) is 16.7 Å². The number of nitriles is 1. The number of halogens is 1. The minimum atomic E-state index is -0.707. The summed E-state index contributed by atoms with van der Waals surface area (Å²) in [5.41, 5.74) is 1.05. The van der Waals surface area contributed by atoms with Gasteiger partial charge in [-0.3, -0.25) is 4.79 Å². The van der Waals surface area contributed by atoms with Gasteiger partial charge in [-0.2, -0.15) is 5.26 Å². The van der Waals surface area contributed by atoms with E-state index in [4.69, 9.17) is 16.3 Å². The SMILES string of the molecule is CN1/C(=C(\C#N)C(=O)COC(=O)c2ccccc2Cl)Sc2ccccc21. The molecule has 0 radical (unpaired) electrons. The Labute approximate surface area is 159 Å². The number of thioether (sulfide) groups is 1. The van der Waals surface area contributed by atoms with E-state index in [2.05, 4.69) is 0 Å². The first-order valence-corrected chi connectivity index (χ1v) is 8.82. The van der Waals surface area contributed by atoms with E-state index in [1.165, 1.54) is 17.8 Å². The predicted octanol–water partition coefficient (Wildman–Crippen LogP) is 4.04. The lowest BCUT2D eigenvalue weighted by atomic mass is 10.2. The Bertz CT molecular complexity index is 965. The molecule has 7 heteroatoms. The fourth-order valence-corrected chi connectivity index (χ4v) is 3.83. The molecule has 0 bridgehead atoms. The largest absolute Gasteiger partial charge is 0.454 e. The summed E-state index contributed by atoms with van der Waals surface area (Å²) in [6.45, 7) is -0.527. The van der Waals surface area contributed by atoms with Crippen LogP contribution in [0.3, 0.4) is 0 Å². The third kappa shape index (κ3) is 3.45. The van der Waals surface area contributed by atoms with Crippen molar-refractivity contribution in [2.45, 2.75) is 4.90 Å². The topological polar surface area (TPSA) is 70.4 Å². The highest BCUT2D eigenvalue weighted by Crippen LogP contribution is 2.46. The minimum Gasteiger partial charge on any atom is -0.454 e. The van der Waals surface area contributed by atoms with E-state index in [1.54, 1.807) is 30.1 Å². The van der Waals surface area contributed by atoms with E-state index >= 15 is 0 Å². The molecule has 26 heavy (non-hydrogen) atoms. The zero-order valence-corrected chi connectivity index (χ0v) is 15.3. The van der Waals surface area contributed by atoms with Gasteiger partial charge in [0.2, 0.25) is 5.78 Å². The fourth-order valence-electron chi connectivity index (χ4n) is 2.46. The quantitative estimate of drug-likeness (QED) is 0.450. The first-order valence-electron chi connectivity index (χ1n) is 7.62. The van der Waals surface area contributed by atoms with E-state index in [-0.39, 0.29) is 16.2 Å². The van der Waals surface area contributed by atoms with E-state index in [0.29, 0.717) is 5.03 Å². The number of carbonyl (C=O) groups excluding carboxylic acids is 2. The van der Waals surface area contributed by atoms with Gasteiger partial charge in [0.05, 0.1) is 16.3 Å². The monoisotopic (exact) mass is 384 g/mol. The number of rotatable bonds is 4. The summed E-state index contributed by atoms with van der Waals surface area (Å²) < 4.78 is 5.04. The van der Waals surface area contributed by atoms with Crippen molar-refractivity contribution in [1.82, 2.24) is 0 Å². The molecule has 2 aromatic rings. The van der Waals surface area contributed by atoms with Gasteiger partial charge in [-0.25, -0.2) is 4.79 Å². The molecule has 1 aliphatic rings. The van der Waals surface area contributed by atoms with Crippen molar-refractivity contribution in [2.24, 2.45) is 0 Å². The number of esters is 1. The predicted molar refractivity (Wildman–Crippen MR) is 100 cm³/mol. The number of ether oxygens (including phenoxy) is 1. The van der Waals surface area contributed by atoms with E-state index < -0.39 is 18.4 Å². The summed E-state index contributed by atoms with van der Waals surface area (Å²) in [7, 11) is 1.79. The standard InChI is InChI=1S/C19H13ClN2O3S/c1-22-15-8-4-5-9-17(15)26-18(22)13(10-21)16(23)11-25-19(24)12-6-2-3-7-14(12)20/h2-9H,11H2,1H3/b18-13-. The Kier molecular flexibility index (Phi) is 5.31. The van der Waals surface area contributed by atoms with Crippen LogP contribution in [0.4, 0.5) is 5.69 Å². The highest BCUT2D eigenvalue weighted by Gasteiger charge is 2.28. The summed E-state index contributed by atoms with van der Waals surface area (Å²) in [6.07, 6.45) is 0. The molecule has 1 heterocycles. The van der Waals surface area contributed by atoms with E-state index in [9.17, 15) is 14.9 Å². The van der Waals surface area contributed by atoms with Crippen LogP contribution in [0.25, 0.3) is 0 Å². The molecular formula is C19H13ClN2O3S. The highest BCUT2D eigenvalue weighted by atomic mass is 35.5. The van der Waals surface area contributed by atoms with Gasteiger partial charge >= 0.3 is 5.97 Å². The third-order valence-electron chi connectivity index (χ3n) is 3.77. The van der Waals surface area contributed by atoms with Gasteiger partial charge in [-0.05, 0) is 24.3 Å². The molecule has 0 N–H and O–H groups in total. The third-order valence-corrected chi connectivity index (χ3v) is 5.34. The number of fused-ring (bicyclic) bond motifs is 1. The summed E-state index contributed by atoms with van der Waals surface area (Å²) in [5, 5.41) is 10.2. The van der Waals surface area contributed by atoms with Crippen LogP contribution in [0.5, 0.6) is 0 Å². The molecule has 130 valence electrons. The highest BCUT2D eigenvalue weighted by molar-refractivity contribution is 8.03. The number of hydrogen-bond donors (Lipinski definition) is 0. The lowest BCUT2D eigenvalue weighted by molar-refractivity contribution is -0.118. The number of ketones is 1. The van der Waals surface area contributed by atoms with Gasteiger partial charge < -0.3 is 9.64 Å². The van der Waals surface area contributed by atoms with Gasteiger partial charge in [-0.1, -0.05) is 47.6 Å². The fraction of sp³-hybridized carbons (Fsp3) is 0.105. The molecule has 0 atom stereocenters. The van der Waals surface area contributed by atoms with Crippen LogP contribution in [0.15, 0.2) is 64.0 Å². The smallest absolute Gasteiger partial charge is 0.340 e. The van der Waals surface area contributed by atoms with Crippen molar-refractivity contribution in [3.63, 3.8) is 0 Å². The summed E-state index contributed by atoms with van der Waals surface area (Å²) in [6, 6.07) is 15.9. The second kappa shape index (κ2) is 7.65. The van der Waals surface area contributed by atoms with Crippen molar-refractivity contribution in [2.75, 3.05) is 18.6 Å². The second-order valence-corrected chi connectivity index (χ2v) is 6.84. The number of para-hydroxylation sites is 1. The molecule has 0 spiro atoms. The van der Waals surface area contributed by atoms with Crippen molar-refractivity contribution >= 4 is 40.8 Å². The summed E-state index contributed by atoms with van der Waals surface area (Å²) >= 11 is 7.28. The van der Waals surface area contributed by atoms with Crippen molar-refractivity contribution in [1.29, 1.82) is 5.26 Å². The Balaban J connectivity index is 1.76. The number of nitrogens with zero attached hydrogens (tertiary/aromatic N) is 2. The molecule has 5 nitrogen and oxygen atoms in total. The lowest BCUT2D eigenvalue weighted by Gasteiger charge is -2.14. The zero-order valence-electron chi connectivity index (χ0n) is 13.7. The Morgan fingerprint density at radius 3 is 2.58 bits per heavy atom. The molecule has 0 saturated heterocycles. The molecule has 0 unspecified atom stereocenters. The normalized spacial score (nSPS) is 14.4. The molecule has 0 aromatic heterocycles.